The van der Waals surface area contributed by atoms with Gasteiger partial charge in [-0.05, 0) is 42.4 Å². The van der Waals surface area contributed by atoms with Crippen LogP contribution in [-0.4, -0.2) is 29.0 Å². The lowest BCUT2D eigenvalue weighted by molar-refractivity contribution is 0.0773. The summed E-state index contributed by atoms with van der Waals surface area (Å²) in [7, 11) is 0. The van der Waals surface area contributed by atoms with Crippen molar-refractivity contribution in [2.75, 3.05) is 13.1 Å². The lowest BCUT2D eigenvalue weighted by Crippen LogP contribution is -2.31. The number of aryl methyl sites for hydroxylation is 1. The van der Waals surface area contributed by atoms with Crippen molar-refractivity contribution in [3.8, 4) is 5.75 Å². The summed E-state index contributed by atoms with van der Waals surface area (Å²) in [6.45, 7) is 10.1. The first-order valence-corrected chi connectivity index (χ1v) is 6.88. The largest absolute Gasteiger partial charge is 0.507 e. The molecule has 1 atom stereocenters. The number of rotatable bonds is 1. The molecular formula is C16H23NO2. The molecule has 3 heteroatoms. The van der Waals surface area contributed by atoms with Gasteiger partial charge < -0.3 is 10.0 Å². The number of aromatic hydroxyl groups is 1. The van der Waals surface area contributed by atoms with Crippen molar-refractivity contribution >= 4 is 5.91 Å². The van der Waals surface area contributed by atoms with Crippen LogP contribution >= 0.6 is 0 Å². The Morgan fingerprint density at radius 3 is 2.58 bits per heavy atom. The second kappa shape index (κ2) is 4.87. The van der Waals surface area contributed by atoms with Crippen molar-refractivity contribution in [1.29, 1.82) is 0 Å². The summed E-state index contributed by atoms with van der Waals surface area (Å²) in [5.74, 6) is 0.567. The summed E-state index contributed by atoms with van der Waals surface area (Å²) >= 11 is 0. The monoisotopic (exact) mass is 261 g/mol. The molecule has 0 radical (unpaired) electrons. The van der Waals surface area contributed by atoms with Crippen LogP contribution in [0.25, 0.3) is 0 Å². The highest BCUT2D eigenvalue weighted by Gasteiger charge is 2.34. The molecule has 0 saturated carbocycles. The number of hydrogen-bond acceptors (Lipinski definition) is 2. The Kier molecular flexibility index (Phi) is 3.57. The summed E-state index contributed by atoms with van der Waals surface area (Å²) < 4.78 is 0. The summed E-state index contributed by atoms with van der Waals surface area (Å²) in [4.78, 5) is 14.3. The van der Waals surface area contributed by atoms with Crippen molar-refractivity contribution in [1.82, 2.24) is 4.90 Å². The molecule has 0 bridgehead atoms. The Morgan fingerprint density at radius 1 is 1.37 bits per heavy atom. The molecule has 1 fully saturated rings. The highest BCUT2D eigenvalue weighted by atomic mass is 16.3. The van der Waals surface area contributed by atoms with E-state index in [0.717, 1.165) is 25.1 Å². The highest BCUT2D eigenvalue weighted by Crippen LogP contribution is 2.34. The van der Waals surface area contributed by atoms with Gasteiger partial charge in [-0.3, -0.25) is 4.79 Å². The van der Waals surface area contributed by atoms with Crippen LogP contribution < -0.4 is 0 Å². The number of amides is 1. The zero-order valence-electron chi connectivity index (χ0n) is 12.2. The topological polar surface area (TPSA) is 40.5 Å². The molecule has 0 aromatic heterocycles. The van der Waals surface area contributed by atoms with Crippen LogP contribution in [0.5, 0.6) is 5.75 Å². The maximum absolute atomic E-state index is 12.4. The van der Waals surface area contributed by atoms with Crippen molar-refractivity contribution in [3.05, 3.63) is 29.3 Å². The molecule has 0 spiro atoms. The van der Waals surface area contributed by atoms with E-state index in [0.29, 0.717) is 11.5 Å². The number of hydrogen-bond donors (Lipinski definition) is 1. The Hall–Kier alpha value is -1.51. The van der Waals surface area contributed by atoms with Crippen molar-refractivity contribution < 1.29 is 9.90 Å². The minimum Gasteiger partial charge on any atom is -0.507 e. The Labute approximate surface area is 115 Å². The van der Waals surface area contributed by atoms with E-state index in [1.807, 2.05) is 17.9 Å². The lowest BCUT2D eigenvalue weighted by Gasteiger charge is -2.27. The van der Waals surface area contributed by atoms with Crippen molar-refractivity contribution in [2.24, 2.45) is 11.3 Å². The Morgan fingerprint density at radius 2 is 2.05 bits per heavy atom. The SMILES string of the molecule is Cc1ccc(C(=O)N2CCC(C(C)(C)C)C2)c(O)c1. The van der Waals surface area contributed by atoms with Gasteiger partial charge in [0.1, 0.15) is 5.75 Å². The molecule has 1 aromatic carbocycles. The molecule has 1 heterocycles. The summed E-state index contributed by atoms with van der Waals surface area (Å²) in [6, 6.07) is 5.23. The normalized spacial score (nSPS) is 19.8. The third-order valence-corrected chi connectivity index (χ3v) is 4.08. The van der Waals surface area contributed by atoms with E-state index in [2.05, 4.69) is 20.8 Å². The van der Waals surface area contributed by atoms with Crippen LogP contribution in [-0.2, 0) is 0 Å². The molecule has 1 aromatic rings. The molecule has 104 valence electrons. The van der Waals surface area contributed by atoms with Gasteiger partial charge in [0.2, 0.25) is 0 Å². The quantitative estimate of drug-likeness (QED) is 0.843. The second-order valence-corrected chi connectivity index (χ2v) is 6.62. The van der Waals surface area contributed by atoms with Gasteiger partial charge in [-0.25, -0.2) is 0 Å². The van der Waals surface area contributed by atoms with E-state index in [1.165, 1.54) is 0 Å². The fourth-order valence-corrected chi connectivity index (χ4v) is 2.64. The van der Waals surface area contributed by atoms with Gasteiger partial charge in [0.15, 0.2) is 0 Å². The van der Waals surface area contributed by atoms with E-state index >= 15 is 0 Å². The van der Waals surface area contributed by atoms with Crippen LogP contribution in [0, 0.1) is 18.3 Å². The molecule has 1 aliphatic heterocycles. The van der Waals surface area contributed by atoms with E-state index in [4.69, 9.17) is 0 Å². The van der Waals surface area contributed by atoms with E-state index in [1.54, 1.807) is 12.1 Å². The van der Waals surface area contributed by atoms with Gasteiger partial charge in [0, 0.05) is 13.1 Å². The number of phenols is 1. The lowest BCUT2D eigenvalue weighted by atomic mass is 9.80. The second-order valence-electron chi connectivity index (χ2n) is 6.62. The first-order chi connectivity index (χ1) is 8.79. The van der Waals surface area contributed by atoms with Crippen LogP contribution in [0.4, 0.5) is 0 Å². The Bertz CT molecular complexity index is 488. The molecule has 1 N–H and O–H groups in total. The molecule has 3 nitrogen and oxygen atoms in total. The predicted octanol–water partition coefficient (Wildman–Crippen LogP) is 3.21. The Balaban J connectivity index is 2.14. The van der Waals surface area contributed by atoms with E-state index < -0.39 is 0 Å². The van der Waals surface area contributed by atoms with Gasteiger partial charge in [-0.1, -0.05) is 26.8 Å². The van der Waals surface area contributed by atoms with E-state index in [-0.39, 0.29) is 17.1 Å². The average Bonchev–Trinajstić information content (AvgIpc) is 2.76. The minimum atomic E-state index is -0.0516. The molecule has 1 saturated heterocycles. The summed E-state index contributed by atoms with van der Waals surface area (Å²) in [6.07, 6.45) is 1.04. The van der Waals surface area contributed by atoms with Crippen molar-refractivity contribution in [3.63, 3.8) is 0 Å². The molecule has 2 rings (SSSR count). The van der Waals surface area contributed by atoms with Gasteiger partial charge in [-0.2, -0.15) is 0 Å². The highest BCUT2D eigenvalue weighted by molar-refractivity contribution is 5.97. The smallest absolute Gasteiger partial charge is 0.257 e. The third kappa shape index (κ3) is 2.91. The first-order valence-electron chi connectivity index (χ1n) is 6.88. The first kappa shape index (κ1) is 13.9. The third-order valence-electron chi connectivity index (χ3n) is 4.08. The molecule has 0 aliphatic carbocycles. The van der Waals surface area contributed by atoms with Gasteiger partial charge in [-0.15, -0.1) is 0 Å². The zero-order valence-corrected chi connectivity index (χ0v) is 12.2. The predicted molar refractivity (Wildman–Crippen MR) is 76.3 cm³/mol. The number of carbonyl (C=O) groups is 1. The summed E-state index contributed by atoms with van der Waals surface area (Å²) in [5.41, 5.74) is 1.60. The van der Waals surface area contributed by atoms with Gasteiger partial charge in [0.25, 0.3) is 5.91 Å². The number of carbonyl (C=O) groups excluding carboxylic acids is 1. The maximum Gasteiger partial charge on any atom is 0.257 e. The molecule has 1 aliphatic rings. The number of likely N-dealkylation sites (tertiary alicyclic amines) is 1. The zero-order chi connectivity index (χ0) is 14.2. The standard InChI is InChI=1S/C16H23NO2/c1-11-5-6-13(14(18)9-11)15(19)17-8-7-12(10-17)16(2,3)4/h5-6,9,12,18H,7-8,10H2,1-4H3. The number of benzene rings is 1. The van der Waals surface area contributed by atoms with Crippen LogP contribution in [0.2, 0.25) is 0 Å². The van der Waals surface area contributed by atoms with Gasteiger partial charge in [0.05, 0.1) is 5.56 Å². The number of nitrogens with zero attached hydrogens (tertiary/aromatic N) is 1. The van der Waals surface area contributed by atoms with Crippen LogP contribution in [0.3, 0.4) is 0 Å². The maximum atomic E-state index is 12.4. The molecule has 1 unspecified atom stereocenters. The fraction of sp³-hybridized carbons (Fsp3) is 0.562. The van der Waals surface area contributed by atoms with Gasteiger partial charge >= 0.3 is 0 Å². The fourth-order valence-electron chi connectivity index (χ4n) is 2.64. The molecular weight excluding hydrogens is 238 g/mol. The van der Waals surface area contributed by atoms with Crippen LogP contribution in [0.15, 0.2) is 18.2 Å². The minimum absolute atomic E-state index is 0.0516. The number of phenolic OH excluding ortho intramolecular Hbond substituents is 1. The average molecular weight is 261 g/mol. The van der Waals surface area contributed by atoms with E-state index in [9.17, 15) is 9.90 Å². The molecule has 1 amide bonds. The molecule has 19 heavy (non-hydrogen) atoms. The van der Waals surface area contributed by atoms with Crippen LogP contribution in [0.1, 0.15) is 43.1 Å². The summed E-state index contributed by atoms with van der Waals surface area (Å²) in [5, 5.41) is 9.90. The van der Waals surface area contributed by atoms with Crippen molar-refractivity contribution in [2.45, 2.75) is 34.1 Å².